The van der Waals surface area contributed by atoms with Gasteiger partial charge < -0.3 is 31.5 Å². The summed E-state index contributed by atoms with van der Waals surface area (Å²) in [5.41, 5.74) is 1.83. The Bertz CT molecular complexity index is 808. The van der Waals surface area contributed by atoms with Crippen molar-refractivity contribution >= 4 is 23.5 Å². The number of amides is 4. The molecule has 1 aromatic rings. The van der Waals surface area contributed by atoms with E-state index in [1.807, 2.05) is 19.1 Å². The topological polar surface area (TPSA) is 140 Å². The fraction of sp³-hybridized carbons (Fsp3) is 0.450. The number of hydrogen-bond donors (Lipinski definition) is 6. The highest BCUT2D eigenvalue weighted by molar-refractivity contribution is 5.97. The van der Waals surface area contributed by atoms with Gasteiger partial charge in [-0.1, -0.05) is 23.8 Å². The van der Waals surface area contributed by atoms with E-state index in [0.717, 1.165) is 12.0 Å². The van der Waals surface area contributed by atoms with Crippen LogP contribution >= 0.6 is 0 Å². The molecule has 1 aliphatic carbocycles. The molecule has 1 aromatic carbocycles. The molecular weight excluding hydrogens is 376 g/mol. The van der Waals surface area contributed by atoms with Gasteiger partial charge in [-0.3, -0.25) is 9.59 Å². The van der Waals surface area contributed by atoms with E-state index in [0.29, 0.717) is 18.7 Å². The molecule has 156 valence electrons. The fourth-order valence-corrected chi connectivity index (χ4v) is 3.38. The summed E-state index contributed by atoms with van der Waals surface area (Å²) in [4.78, 5) is 36.6. The van der Waals surface area contributed by atoms with Crippen LogP contribution in [0, 0.1) is 6.92 Å². The predicted octanol–water partition coefficient (Wildman–Crippen LogP) is -0.0682. The van der Waals surface area contributed by atoms with Gasteiger partial charge in [0.15, 0.2) is 0 Å². The van der Waals surface area contributed by atoms with Gasteiger partial charge in [0.25, 0.3) is 0 Å². The number of rotatable bonds is 4. The highest BCUT2D eigenvalue weighted by atomic mass is 16.3. The largest absolute Gasteiger partial charge is 0.390 e. The van der Waals surface area contributed by atoms with Gasteiger partial charge in [0.2, 0.25) is 11.8 Å². The summed E-state index contributed by atoms with van der Waals surface area (Å²) in [6.07, 6.45) is 0.178. The number of anilines is 1. The smallest absolute Gasteiger partial charge is 0.319 e. The number of aryl methyl sites for hydroxylation is 1. The minimum atomic E-state index is -1.26. The van der Waals surface area contributed by atoms with Gasteiger partial charge in [-0.15, -0.1) is 0 Å². The molecule has 0 bridgehead atoms. The van der Waals surface area contributed by atoms with Crippen LogP contribution in [0.1, 0.15) is 24.8 Å². The quantitative estimate of drug-likeness (QED) is 0.418. The molecule has 2 aliphatic rings. The molecular formula is C20H26N4O5. The Morgan fingerprint density at radius 2 is 1.86 bits per heavy atom. The second kappa shape index (κ2) is 9.06. The number of hydrogen-bond acceptors (Lipinski definition) is 5. The minimum Gasteiger partial charge on any atom is -0.390 e. The van der Waals surface area contributed by atoms with Gasteiger partial charge >= 0.3 is 6.03 Å². The molecule has 9 heteroatoms. The van der Waals surface area contributed by atoms with Crippen LogP contribution < -0.4 is 21.3 Å². The summed E-state index contributed by atoms with van der Waals surface area (Å²) in [6.45, 7) is 2.51. The third kappa shape index (κ3) is 5.33. The molecule has 0 spiro atoms. The predicted molar refractivity (Wildman–Crippen MR) is 106 cm³/mol. The van der Waals surface area contributed by atoms with Crippen molar-refractivity contribution in [2.45, 2.75) is 50.5 Å². The number of aliphatic hydroxyl groups excluding tert-OH is 2. The Kier molecular flexibility index (Phi) is 6.50. The van der Waals surface area contributed by atoms with Crippen LogP contribution in [-0.2, 0) is 9.59 Å². The number of nitrogens with one attached hydrogen (secondary N) is 4. The van der Waals surface area contributed by atoms with Crippen LogP contribution in [0.25, 0.3) is 0 Å². The lowest BCUT2D eigenvalue weighted by Crippen LogP contribution is -2.54. The fourth-order valence-electron chi connectivity index (χ4n) is 3.38. The molecule has 0 radical (unpaired) electrons. The standard InChI is InChI=1S/C20H26N4O5/c1-11-4-6-13(7-5-11)22-20(29)24-15-9-12(10-16(25)17(15)26)18(27)23-14-3-2-8-21-19(14)28/h4-7,9,14-17,25-26H,2-3,8,10H2,1H3,(H,21,28)(H,23,27)(H2,22,24,29)/t14-,15+,16-,17-/m1/s1. The number of benzene rings is 1. The van der Waals surface area contributed by atoms with Crippen LogP contribution in [-0.4, -0.2) is 58.9 Å². The maximum absolute atomic E-state index is 12.5. The molecule has 1 aliphatic heterocycles. The van der Waals surface area contributed by atoms with Crippen molar-refractivity contribution in [3.63, 3.8) is 0 Å². The maximum Gasteiger partial charge on any atom is 0.319 e. The summed E-state index contributed by atoms with van der Waals surface area (Å²) in [7, 11) is 0. The Balaban J connectivity index is 1.65. The first kappa shape index (κ1) is 20.8. The van der Waals surface area contributed by atoms with E-state index in [1.165, 1.54) is 6.08 Å². The van der Waals surface area contributed by atoms with Gasteiger partial charge in [0, 0.05) is 24.2 Å². The van der Waals surface area contributed by atoms with E-state index >= 15 is 0 Å². The minimum absolute atomic E-state index is 0.0703. The first-order chi connectivity index (χ1) is 13.8. The van der Waals surface area contributed by atoms with E-state index in [4.69, 9.17) is 0 Å². The van der Waals surface area contributed by atoms with Gasteiger partial charge in [0.05, 0.1) is 12.1 Å². The number of aliphatic hydroxyl groups is 2. The third-order valence-corrected chi connectivity index (χ3v) is 5.06. The van der Waals surface area contributed by atoms with Crippen LogP contribution in [0.3, 0.4) is 0 Å². The van der Waals surface area contributed by atoms with Gasteiger partial charge in [-0.2, -0.15) is 0 Å². The van der Waals surface area contributed by atoms with Crippen molar-refractivity contribution < 1.29 is 24.6 Å². The Morgan fingerprint density at radius 3 is 2.55 bits per heavy atom. The van der Waals surface area contributed by atoms with Gasteiger partial charge in [-0.25, -0.2) is 4.79 Å². The number of piperidine rings is 1. The van der Waals surface area contributed by atoms with Crippen LogP contribution in [0.5, 0.6) is 0 Å². The summed E-state index contributed by atoms with van der Waals surface area (Å²) >= 11 is 0. The third-order valence-electron chi connectivity index (χ3n) is 5.06. The number of carbonyl (C=O) groups excluding carboxylic acids is 3. The lowest BCUT2D eigenvalue weighted by atomic mass is 9.89. The lowest BCUT2D eigenvalue weighted by Gasteiger charge is -2.31. The monoisotopic (exact) mass is 402 g/mol. The number of urea groups is 1. The molecule has 4 amide bonds. The zero-order chi connectivity index (χ0) is 21.0. The van der Waals surface area contributed by atoms with Crippen LogP contribution in [0.4, 0.5) is 10.5 Å². The average Bonchev–Trinajstić information content (AvgIpc) is 2.68. The van der Waals surface area contributed by atoms with Crippen molar-refractivity contribution in [3.8, 4) is 0 Å². The summed E-state index contributed by atoms with van der Waals surface area (Å²) < 4.78 is 0. The average molecular weight is 402 g/mol. The zero-order valence-corrected chi connectivity index (χ0v) is 16.1. The maximum atomic E-state index is 12.5. The summed E-state index contributed by atoms with van der Waals surface area (Å²) in [6, 6.07) is 5.02. The molecule has 1 heterocycles. The second-order valence-corrected chi connectivity index (χ2v) is 7.40. The molecule has 0 saturated carbocycles. The van der Waals surface area contributed by atoms with Crippen molar-refractivity contribution in [2.75, 3.05) is 11.9 Å². The Morgan fingerprint density at radius 1 is 1.14 bits per heavy atom. The van der Waals surface area contributed by atoms with Gasteiger partial charge in [0.1, 0.15) is 12.1 Å². The molecule has 0 unspecified atom stereocenters. The lowest BCUT2D eigenvalue weighted by molar-refractivity contribution is -0.129. The second-order valence-electron chi connectivity index (χ2n) is 7.40. The number of carbonyl (C=O) groups is 3. The molecule has 6 N–H and O–H groups in total. The van der Waals surface area contributed by atoms with Crippen molar-refractivity contribution in [2.24, 2.45) is 0 Å². The van der Waals surface area contributed by atoms with E-state index in [9.17, 15) is 24.6 Å². The van der Waals surface area contributed by atoms with E-state index < -0.39 is 36.2 Å². The van der Waals surface area contributed by atoms with Crippen LogP contribution in [0.15, 0.2) is 35.9 Å². The van der Waals surface area contributed by atoms with E-state index in [-0.39, 0.29) is 17.9 Å². The molecule has 4 atom stereocenters. The molecule has 3 rings (SSSR count). The zero-order valence-electron chi connectivity index (χ0n) is 16.1. The first-order valence-electron chi connectivity index (χ1n) is 9.63. The van der Waals surface area contributed by atoms with Crippen molar-refractivity contribution in [1.82, 2.24) is 16.0 Å². The normalized spacial score (nSPS) is 26.7. The Labute approximate surface area is 168 Å². The summed E-state index contributed by atoms with van der Waals surface area (Å²) in [5.74, 6) is -0.738. The van der Waals surface area contributed by atoms with Crippen LogP contribution in [0.2, 0.25) is 0 Å². The SMILES string of the molecule is Cc1ccc(NC(=O)N[C@H]2C=C(C(=O)N[C@@H]3CCCNC3=O)C[C@@H](O)[C@@H]2O)cc1. The van der Waals surface area contributed by atoms with Crippen molar-refractivity contribution in [1.29, 1.82) is 0 Å². The highest BCUT2D eigenvalue weighted by Gasteiger charge is 2.35. The van der Waals surface area contributed by atoms with E-state index in [1.54, 1.807) is 12.1 Å². The van der Waals surface area contributed by atoms with Crippen molar-refractivity contribution in [3.05, 3.63) is 41.5 Å². The molecule has 29 heavy (non-hydrogen) atoms. The highest BCUT2D eigenvalue weighted by Crippen LogP contribution is 2.21. The molecule has 9 nitrogen and oxygen atoms in total. The van der Waals surface area contributed by atoms with E-state index in [2.05, 4.69) is 21.3 Å². The molecule has 0 aromatic heterocycles. The van der Waals surface area contributed by atoms with Gasteiger partial charge in [-0.05, 0) is 31.9 Å². The Hall–Kier alpha value is -2.91. The molecule has 1 fully saturated rings. The molecule has 1 saturated heterocycles. The summed E-state index contributed by atoms with van der Waals surface area (Å²) in [5, 5.41) is 30.9. The first-order valence-corrected chi connectivity index (χ1v) is 9.63.